The largest absolute Gasteiger partial charge is 0.392 e. The van der Waals surface area contributed by atoms with Crippen LogP contribution in [0.25, 0.3) is 0 Å². The minimum absolute atomic E-state index is 0.0578. The first-order valence-electron chi connectivity index (χ1n) is 7.63. The van der Waals surface area contributed by atoms with E-state index >= 15 is 0 Å². The Balaban J connectivity index is 1.59. The lowest BCUT2D eigenvalue weighted by Crippen LogP contribution is -2.49. The highest BCUT2D eigenvalue weighted by atomic mass is 32.2. The van der Waals surface area contributed by atoms with Gasteiger partial charge in [-0.25, -0.2) is 0 Å². The van der Waals surface area contributed by atoms with E-state index in [9.17, 15) is 9.90 Å². The summed E-state index contributed by atoms with van der Waals surface area (Å²) in [5, 5.41) is 10.1. The molecule has 6 heteroatoms. The fourth-order valence-electron chi connectivity index (χ4n) is 2.81. The highest BCUT2D eigenvalue weighted by Crippen LogP contribution is 2.37. The highest BCUT2D eigenvalue weighted by molar-refractivity contribution is 8.15. The first-order valence-corrected chi connectivity index (χ1v) is 8.51. The lowest BCUT2D eigenvalue weighted by atomic mass is 10.1. The van der Waals surface area contributed by atoms with Crippen LogP contribution in [0, 0.1) is 0 Å². The summed E-state index contributed by atoms with van der Waals surface area (Å²) in [5.74, 6) is -0.0578. The lowest BCUT2D eigenvalue weighted by molar-refractivity contribution is -0.117. The number of β-amino-alcohol motifs (C(OH)–C–C–N with tert-alkyl or cyclic N) is 1. The van der Waals surface area contributed by atoms with Gasteiger partial charge in [-0.1, -0.05) is 42.1 Å². The molecule has 0 spiro atoms. The summed E-state index contributed by atoms with van der Waals surface area (Å²) in [7, 11) is 0. The molecule has 0 aromatic heterocycles. The Hall–Kier alpha value is -1.37. The summed E-state index contributed by atoms with van der Waals surface area (Å²) in [6, 6.07) is 9.83. The van der Waals surface area contributed by atoms with Crippen molar-refractivity contribution in [1.82, 2.24) is 9.80 Å². The molecule has 0 aliphatic carbocycles. The number of aliphatic imine (C=N–C) groups is 1. The third kappa shape index (κ3) is 3.51. The van der Waals surface area contributed by atoms with E-state index in [-0.39, 0.29) is 17.3 Å². The van der Waals surface area contributed by atoms with Crippen molar-refractivity contribution in [3.05, 3.63) is 35.9 Å². The first kappa shape index (κ1) is 15.5. The molecule has 0 radical (unpaired) electrons. The van der Waals surface area contributed by atoms with Crippen LogP contribution < -0.4 is 0 Å². The number of nitrogens with zero attached hydrogens (tertiary/aromatic N) is 3. The number of piperazine rings is 1. The standard InChI is InChI=1S/C16H21N3O2S/c1-12(20)11-18-7-9-19(10-8-18)16-17-15(21)14(22-16)13-5-3-2-4-6-13/h2-6,12,14,20H,7-11H2,1H3. The molecule has 2 atom stereocenters. The van der Waals surface area contributed by atoms with Crippen LogP contribution in [0.4, 0.5) is 0 Å². The monoisotopic (exact) mass is 319 g/mol. The van der Waals surface area contributed by atoms with Gasteiger partial charge in [0.25, 0.3) is 5.91 Å². The van der Waals surface area contributed by atoms with Crippen LogP contribution in [0.3, 0.4) is 0 Å². The van der Waals surface area contributed by atoms with Crippen LogP contribution in [-0.4, -0.2) is 64.8 Å². The number of rotatable bonds is 3. The van der Waals surface area contributed by atoms with Gasteiger partial charge >= 0.3 is 0 Å². The quantitative estimate of drug-likeness (QED) is 0.911. The fourth-order valence-corrected chi connectivity index (χ4v) is 3.95. The van der Waals surface area contributed by atoms with E-state index < -0.39 is 0 Å². The normalized spacial score (nSPS) is 24.5. The van der Waals surface area contributed by atoms with Crippen LogP contribution in [0.1, 0.15) is 17.7 Å². The predicted octanol–water partition coefficient (Wildman–Crippen LogP) is 1.36. The van der Waals surface area contributed by atoms with E-state index in [4.69, 9.17) is 0 Å². The summed E-state index contributed by atoms with van der Waals surface area (Å²) >= 11 is 1.55. The van der Waals surface area contributed by atoms with Gasteiger partial charge in [-0.05, 0) is 12.5 Å². The number of carbonyl (C=O) groups is 1. The Morgan fingerprint density at radius 2 is 1.95 bits per heavy atom. The second-order valence-electron chi connectivity index (χ2n) is 5.78. The average Bonchev–Trinajstić information content (AvgIpc) is 2.90. The van der Waals surface area contributed by atoms with Crippen LogP contribution in [-0.2, 0) is 4.79 Å². The maximum Gasteiger partial charge on any atom is 0.266 e. The molecule has 22 heavy (non-hydrogen) atoms. The van der Waals surface area contributed by atoms with Crippen molar-refractivity contribution >= 4 is 22.8 Å². The van der Waals surface area contributed by atoms with Gasteiger partial charge in [0, 0.05) is 32.7 Å². The number of aliphatic hydroxyl groups excluding tert-OH is 1. The van der Waals surface area contributed by atoms with E-state index in [2.05, 4.69) is 14.8 Å². The zero-order valence-electron chi connectivity index (χ0n) is 12.7. The Bertz CT molecular complexity index is 554. The van der Waals surface area contributed by atoms with Crippen molar-refractivity contribution in [3.8, 4) is 0 Å². The summed E-state index contributed by atoms with van der Waals surface area (Å²) in [6.07, 6.45) is -0.297. The summed E-state index contributed by atoms with van der Waals surface area (Å²) in [4.78, 5) is 20.8. The molecule has 1 saturated heterocycles. The number of hydrogen-bond donors (Lipinski definition) is 1. The Morgan fingerprint density at radius 1 is 1.27 bits per heavy atom. The van der Waals surface area contributed by atoms with E-state index in [0.29, 0.717) is 6.54 Å². The molecule has 0 bridgehead atoms. The number of aliphatic hydroxyl groups is 1. The third-order valence-electron chi connectivity index (χ3n) is 3.92. The molecule has 5 nitrogen and oxygen atoms in total. The Morgan fingerprint density at radius 3 is 2.59 bits per heavy atom. The molecular weight excluding hydrogens is 298 g/mol. The van der Waals surface area contributed by atoms with Gasteiger partial charge < -0.3 is 10.0 Å². The van der Waals surface area contributed by atoms with Gasteiger partial charge in [-0.3, -0.25) is 9.69 Å². The molecule has 2 aliphatic rings. The van der Waals surface area contributed by atoms with Gasteiger partial charge in [-0.2, -0.15) is 4.99 Å². The number of amides is 1. The summed E-state index contributed by atoms with van der Waals surface area (Å²) in [5.41, 5.74) is 1.02. The molecule has 1 aromatic carbocycles. The van der Waals surface area contributed by atoms with Crippen molar-refractivity contribution in [2.24, 2.45) is 4.99 Å². The minimum atomic E-state index is -0.297. The smallest absolute Gasteiger partial charge is 0.266 e. The first-order chi connectivity index (χ1) is 10.6. The van der Waals surface area contributed by atoms with Crippen molar-refractivity contribution < 1.29 is 9.90 Å². The number of thioether (sulfide) groups is 1. The molecule has 1 fully saturated rings. The highest BCUT2D eigenvalue weighted by Gasteiger charge is 2.33. The van der Waals surface area contributed by atoms with E-state index in [0.717, 1.165) is 36.9 Å². The molecule has 2 aliphatic heterocycles. The maximum atomic E-state index is 12.2. The van der Waals surface area contributed by atoms with Crippen LogP contribution in [0.2, 0.25) is 0 Å². The van der Waals surface area contributed by atoms with E-state index in [1.807, 2.05) is 37.3 Å². The van der Waals surface area contributed by atoms with Gasteiger partial charge in [-0.15, -0.1) is 0 Å². The Kier molecular flexibility index (Phi) is 4.81. The summed E-state index contributed by atoms with van der Waals surface area (Å²) < 4.78 is 0. The zero-order chi connectivity index (χ0) is 15.5. The number of carbonyl (C=O) groups excluding carboxylic acids is 1. The topological polar surface area (TPSA) is 56.1 Å². The Labute approximate surface area is 135 Å². The molecule has 0 saturated carbocycles. The number of hydrogen-bond acceptors (Lipinski definition) is 5. The van der Waals surface area contributed by atoms with Gasteiger partial charge in [0.05, 0.1) is 6.10 Å². The van der Waals surface area contributed by atoms with Gasteiger partial charge in [0.2, 0.25) is 0 Å². The van der Waals surface area contributed by atoms with Crippen LogP contribution >= 0.6 is 11.8 Å². The number of benzene rings is 1. The van der Waals surface area contributed by atoms with E-state index in [1.54, 1.807) is 11.8 Å². The minimum Gasteiger partial charge on any atom is -0.392 e. The maximum absolute atomic E-state index is 12.2. The SMILES string of the molecule is CC(O)CN1CCN(C2=NC(=O)C(c3ccccc3)S2)CC1. The third-order valence-corrected chi connectivity index (χ3v) is 5.19. The van der Waals surface area contributed by atoms with E-state index in [1.165, 1.54) is 0 Å². The molecule has 3 rings (SSSR count). The predicted molar refractivity (Wildman–Crippen MR) is 88.9 cm³/mol. The van der Waals surface area contributed by atoms with Crippen LogP contribution in [0.15, 0.2) is 35.3 Å². The molecule has 118 valence electrons. The van der Waals surface area contributed by atoms with Gasteiger partial charge in [0.15, 0.2) is 5.17 Å². The molecular formula is C16H21N3O2S. The lowest BCUT2D eigenvalue weighted by Gasteiger charge is -2.35. The molecule has 1 N–H and O–H groups in total. The average molecular weight is 319 g/mol. The van der Waals surface area contributed by atoms with Crippen molar-refractivity contribution in [1.29, 1.82) is 0 Å². The summed E-state index contributed by atoms with van der Waals surface area (Å²) in [6.45, 7) is 6.02. The second-order valence-corrected chi connectivity index (χ2v) is 6.85. The molecule has 2 heterocycles. The zero-order valence-corrected chi connectivity index (χ0v) is 13.5. The molecule has 2 unspecified atom stereocenters. The van der Waals surface area contributed by atoms with Crippen molar-refractivity contribution in [2.45, 2.75) is 18.3 Å². The van der Waals surface area contributed by atoms with Crippen molar-refractivity contribution in [3.63, 3.8) is 0 Å². The fraction of sp³-hybridized carbons (Fsp3) is 0.500. The van der Waals surface area contributed by atoms with Crippen LogP contribution in [0.5, 0.6) is 0 Å². The van der Waals surface area contributed by atoms with Crippen molar-refractivity contribution in [2.75, 3.05) is 32.7 Å². The number of amidine groups is 1. The molecule has 1 aromatic rings. The molecule has 1 amide bonds. The second kappa shape index (κ2) is 6.81. The van der Waals surface area contributed by atoms with Gasteiger partial charge in [0.1, 0.15) is 5.25 Å².